The number of amides is 4. The highest BCUT2D eigenvalue weighted by Gasteiger charge is 2.48. The smallest absolute Gasteiger partial charge is 0.409 e. The maximum atomic E-state index is 13.5. The number of rotatable bonds is 10. The molecule has 1 aliphatic rings. The van der Waals surface area contributed by atoms with Crippen molar-refractivity contribution in [3.63, 3.8) is 0 Å². The molecule has 2 aromatic carbocycles. The number of benzene rings is 2. The van der Waals surface area contributed by atoms with Gasteiger partial charge < -0.3 is 20.6 Å². The molecule has 0 radical (unpaired) electrons. The highest BCUT2D eigenvalue weighted by atomic mass is 16.4. The molecule has 1 unspecified atom stereocenters. The van der Waals surface area contributed by atoms with E-state index in [0.29, 0.717) is 31.5 Å². The van der Waals surface area contributed by atoms with Crippen LogP contribution in [0.5, 0.6) is 0 Å². The van der Waals surface area contributed by atoms with E-state index in [4.69, 9.17) is 0 Å². The zero-order valence-corrected chi connectivity index (χ0v) is 22.5. The van der Waals surface area contributed by atoms with E-state index in [9.17, 15) is 24.3 Å². The number of Topliss-reactive ketones (excluding diaryl/α,β-unsaturated/α-hetero) is 1. The minimum absolute atomic E-state index is 0.180. The molecule has 204 valence electrons. The zero-order valence-electron chi connectivity index (χ0n) is 22.5. The molecule has 1 aliphatic heterocycles. The first kappa shape index (κ1) is 28.7. The molecule has 38 heavy (non-hydrogen) atoms. The number of nitrogens with zero attached hydrogens (tertiary/aromatic N) is 2. The second-order valence-corrected chi connectivity index (χ2v) is 10.6. The van der Waals surface area contributed by atoms with Crippen molar-refractivity contribution in [3.05, 3.63) is 66.2 Å². The van der Waals surface area contributed by atoms with Gasteiger partial charge in [-0.05, 0) is 42.9 Å². The van der Waals surface area contributed by atoms with E-state index in [1.54, 1.807) is 31.2 Å². The van der Waals surface area contributed by atoms with Gasteiger partial charge in [0.25, 0.3) is 5.91 Å². The van der Waals surface area contributed by atoms with Crippen molar-refractivity contribution in [1.29, 1.82) is 0 Å². The molecule has 3 N–H and O–H groups in total. The van der Waals surface area contributed by atoms with Crippen molar-refractivity contribution in [2.45, 2.75) is 71.6 Å². The monoisotopic (exact) mass is 522 g/mol. The summed E-state index contributed by atoms with van der Waals surface area (Å²) >= 11 is 0. The number of carbonyl (C=O) groups excluding carboxylic acids is 3. The van der Waals surface area contributed by atoms with Crippen LogP contribution < -0.4 is 10.6 Å². The van der Waals surface area contributed by atoms with Crippen LogP contribution in [0.4, 0.5) is 15.3 Å². The first-order valence-corrected chi connectivity index (χ1v) is 13.1. The lowest BCUT2D eigenvalue weighted by molar-refractivity contribution is -0.142. The Balaban J connectivity index is 1.88. The van der Waals surface area contributed by atoms with Crippen molar-refractivity contribution in [2.24, 2.45) is 5.41 Å². The topological polar surface area (TPSA) is 119 Å². The highest BCUT2D eigenvalue weighted by Crippen LogP contribution is 2.37. The average molecular weight is 523 g/mol. The summed E-state index contributed by atoms with van der Waals surface area (Å²) in [5, 5.41) is 15.9. The van der Waals surface area contributed by atoms with E-state index >= 15 is 0 Å². The van der Waals surface area contributed by atoms with E-state index in [1.165, 1.54) is 4.90 Å². The fourth-order valence-corrected chi connectivity index (χ4v) is 4.91. The van der Waals surface area contributed by atoms with Crippen molar-refractivity contribution < 1.29 is 24.3 Å². The van der Waals surface area contributed by atoms with Crippen LogP contribution in [0.3, 0.4) is 0 Å². The molecule has 0 saturated carbocycles. The Hall–Kier alpha value is -3.88. The van der Waals surface area contributed by atoms with Crippen LogP contribution in [0.15, 0.2) is 60.7 Å². The maximum absolute atomic E-state index is 13.5. The van der Waals surface area contributed by atoms with Crippen molar-refractivity contribution >= 4 is 29.5 Å². The fourth-order valence-electron chi connectivity index (χ4n) is 4.91. The number of para-hydroxylation sites is 1. The maximum Gasteiger partial charge on any atom is 0.409 e. The Kier molecular flexibility index (Phi) is 9.50. The number of unbranched alkanes of at least 4 members (excludes halogenated alkanes) is 1. The summed E-state index contributed by atoms with van der Waals surface area (Å²) in [6.07, 6.45) is -0.471. The van der Waals surface area contributed by atoms with Gasteiger partial charge in [0, 0.05) is 12.2 Å². The van der Waals surface area contributed by atoms with Gasteiger partial charge in [0.05, 0.1) is 6.04 Å². The third kappa shape index (κ3) is 7.12. The van der Waals surface area contributed by atoms with Crippen LogP contribution in [0, 0.1) is 5.41 Å². The van der Waals surface area contributed by atoms with Gasteiger partial charge in [-0.15, -0.1) is 0 Å². The molecule has 1 saturated heterocycles. The summed E-state index contributed by atoms with van der Waals surface area (Å²) in [4.78, 5) is 55.1. The fraction of sp³-hybridized carbons (Fsp3) is 0.448. The first-order valence-electron chi connectivity index (χ1n) is 13.1. The van der Waals surface area contributed by atoms with Gasteiger partial charge >= 0.3 is 12.1 Å². The second kappa shape index (κ2) is 12.6. The minimum atomic E-state index is -1.34. The minimum Gasteiger partial charge on any atom is -0.465 e. The summed E-state index contributed by atoms with van der Waals surface area (Å²) in [7, 11) is 0. The summed E-state index contributed by atoms with van der Waals surface area (Å²) in [6.45, 7) is 7.90. The number of nitrogens with one attached hydrogen (secondary N) is 2. The lowest BCUT2D eigenvalue weighted by Gasteiger charge is -2.37. The van der Waals surface area contributed by atoms with E-state index in [1.807, 2.05) is 57.2 Å². The molecule has 1 fully saturated rings. The number of urea groups is 1. The molecular formula is C29H38N4O5. The number of hydrogen-bond acceptors (Lipinski definition) is 4. The Morgan fingerprint density at radius 1 is 1.05 bits per heavy atom. The van der Waals surface area contributed by atoms with Gasteiger partial charge in [0.2, 0.25) is 5.78 Å². The largest absolute Gasteiger partial charge is 0.465 e. The van der Waals surface area contributed by atoms with Gasteiger partial charge in [-0.3, -0.25) is 14.5 Å². The third-order valence-electron chi connectivity index (χ3n) is 6.86. The number of carboxylic acid groups (broad SMARTS) is 1. The van der Waals surface area contributed by atoms with Crippen LogP contribution in [0.2, 0.25) is 0 Å². The van der Waals surface area contributed by atoms with Crippen LogP contribution in [0.1, 0.15) is 65.0 Å². The summed E-state index contributed by atoms with van der Waals surface area (Å²) in [5.74, 6) is -1.66. The third-order valence-corrected chi connectivity index (χ3v) is 6.86. The molecule has 0 aliphatic carbocycles. The molecular weight excluding hydrogens is 484 g/mol. The normalized spacial score (nSPS) is 17.8. The first-order chi connectivity index (χ1) is 18.0. The predicted molar refractivity (Wildman–Crippen MR) is 146 cm³/mol. The lowest BCUT2D eigenvalue weighted by Crippen LogP contribution is -2.58. The zero-order chi connectivity index (χ0) is 27.9. The van der Waals surface area contributed by atoms with Gasteiger partial charge in [-0.1, -0.05) is 82.1 Å². The summed E-state index contributed by atoms with van der Waals surface area (Å²) in [6, 6.07) is 16.0. The molecule has 0 bridgehead atoms. The number of carbonyl (C=O) groups is 4. The molecule has 1 heterocycles. The molecule has 0 spiro atoms. The Morgan fingerprint density at radius 2 is 1.66 bits per heavy atom. The molecule has 9 nitrogen and oxygen atoms in total. The molecule has 2 aromatic rings. The number of ketones is 1. The second-order valence-electron chi connectivity index (χ2n) is 10.6. The Morgan fingerprint density at radius 3 is 2.24 bits per heavy atom. The van der Waals surface area contributed by atoms with Crippen LogP contribution >= 0.6 is 0 Å². The SMILES string of the molecule is CCCC[C@@H](C(=O)C(=O)N[C@H](C)c1ccccc1)N(C(=O)O)C1CC(C)(C)CN1C(=O)Nc1ccccc1. The number of hydrogen-bond donors (Lipinski definition) is 3. The van der Waals surface area contributed by atoms with E-state index in [0.717, 1.165) is 10.5 Å². The highest BCUT2D eigenvalue weighted by molar-refractivity contribution is 6.38. The molecule has 3 atom stereocenters. The molecule has 9 heteroatoms. The van der Waals surface area contributed by atoms with E-state index in [2.05, 4.69) is 10.6 Å². The Bertz CT molecular complexity index is 1120. The van der Waals surface area contributed by atoms with Gasteiger partial charge in [-0.25, -0.2) is 9.59 Å². The molecule has 0 aromatic heterocycles. The lowest BCUT2D eigenvalue weighted by atomic mass is 9.91. The molecule has 4 amide bonds. The van der Waals surface area contributed by atoms with Crippen LogP contribution in [-0.2, 0) is 9.59 Å². The Labute approximate surface area is 224 Å². The van der Waals surface area contributed by atoms with Crippen LogP contribution in [-0.4, -0.2) is 57.5 Å². The van der Waals surface area contributed by atoms with Crippen molar-refractivity contribution in [3.8, 4) is 0 Å². The van der Waals surface area contributed by atoms with Crippen molar-refractivity contribution in [1.82, 2.24) is 15.1 Å². The van der Waals surface area contributed by atoms with Crippen LogP contribution in [0.25, 0.3) is 0 Å². The predicted octanol–water partition coefficient (Wildman–Crippen LogP) is 5.26. The van der Waals surface area contributed by atoms with Gasteiger partial charge in [-0.2, -0.15) is 0 Å². The average Bonchev–Trinajstić information content (AvgIpc) is 3.21. The van der Waals surface area contributed by atoms with E-state index in [-0.39, 0.29) is 6.42 Å². The molecule has 3 rings (SSSR count). The summed E-state index contributed by atoms with van der Waals surface area (Å²) < 4.78 is 0. The number of likely N-dealkylation sites (tertiary alicyclic amines) is 1. The summed E-state index contributed by atoms with van der Waals surface area (Å²) in [5.41, 5.74) is 1.01. The standard InChI is InChI=1S/C29H38N4O5/c1-5-6-17-23(25(34)26(35)30-20(2)21-13-9-7-10-14-21)33(28(37)38)24-18-29(3,4)19-32(24)27(36)31-22-15-11-8-12-16-22/h7-16,20,23-24H,5-6,17-19H2,1-4H3,(H,30,35)(H,31,36)(H,37,38)/t20-,23+,24?/m1/s1. The van der Waals surface area contributed by atoms with E-state index < -0.39 is 47.5 Å². The quantitative estimate of drug-likeness (QED) is 0.368. The van der Waals surface area contributed by atoms with Gasteiger partial charge in [0.15, 0.2) is 0 Å². The van der Waals surface area contributed by atoms with Gasteiger partial charge in [0.1, 0.15) is 12.2 Å². The van der Waals surface area contributed by atoms with Crippen molar-refractivity contribution in [2.75, 3.05) is 11.9 Å². The number of anilines is 1.